The Morgan fingerprint density at radius 3 is 2.69 bits per heavy atom. The number of hydrogen-bond acceptors (Lipinski definition) is 7. The maximum absolute atomic E-state index is 12.8. The molecule has 2 N–H and O–H groups in total. The summed E-state index contributed by atoms with van der Waals surface area (Å²) in [6, 6.07) is 4.22. The molecular weight excluding hydrogens is 398 g/mol. The minimum absolute atomic E-state index is 0.103. The summed E-state index contributed by atoms with van der Waals surface area (Å²) in [5.41, 5.74) is 0.620. The molecule has 0 radical (unpaired) electrons. The summed E-state index contributed by atoms with van der Waals surface area (Å²) in [6.07, 6.45) is 0.663. The molecule has 0 spiro atoms. The van der Waals surface area contributed by atoms with Crippen molar-refractivity contribution in [1.82, 2.24) is 9.88 Å². The van der Waals surface area contributed by atoms with Gasteiger partial charge in [-0.3, -0.25) is 9.59 Å². The Hall–Kier alpha value is -2.88. The van der Waals surface area contributed by atoms with Crippen molar-refractivity contribution in [3.05, 3.63) is 35.2 Å². The Kier molecular flexibility index (Phi) is 5.65. The number of aryl methyl sites for hydroxylation is 2. The van der Waals surface area contributed by atoms with E-state index in [4.69, 9.17) is 9.26 Å². The summed E-state index contributed by atoms with van der Waals surface area (Å²) in [5.74, 6) is -0.543. The van der Waals surface area contributed by atoms with Gasteiger partial charge in [0, 0.05) is 18.6 Å². The molecule has 1 atom stereocenters. The van der Waals surface area contributed by atoms with E-state index >= 15 is 0 Å². The average molecular weight is 421 g/mol. The molecule has 1 aliphatic heterocycles. The van der Waals surface area contributed by atoms with E-state index in [1.807, 2.05) is 25.5 Å². The second kappa shape index (κ2) is 7.86. The fraction of sp³-hybridized carbons (Fsp3) is 0.421. The van der Waals surface area contributed by atoms with Crippen LogP contribution in [-0.4, -0.2) is 31.5 Å². The van der Waals surface area contributed by atoms with Crippen LogP contribution in [0.4, 0.5) is 5.69 Å². The first kappa shape index (κ1) is 20.8. The average Bonchev–Trinajstić information content (AvgIpc) is 3.09. The Labute approximate surface area is 168 Å². The van der Waals surface area contributed by atoms with Gasteiger partial charge in [0.2, 0.25) is 0 Å². The fourth-order valence-corrected chi connectivity index (χ4v) is 4.20. The molecule has 2 aromatic rings. The zero-order valence-electron chi connectivity index (χ0n) is 16.6. The third kappa shape index (κ3) is 4.26. The Bertz CT molecular complexity index is 1060. The second-order valence-corrected chi connectivity index (χ2v) is 8.90. The number of rotatable bonds is 6. The summed E-state index contributed by atoms with van der Waals surface area (Å²) in [6.45, 7) is 7.16. The van der Waals surface area contributed by atoms with Crippen molar-refractivity contribution in [3.8, 4) is 5.75 Å². The molecule has 1 aliphatic rings. The van der Waals surface area contributed by atoms with Gasteiger partial charge in [0.15, 0.2) is 11.8 Å². The predicted octanol–water partition coefficient (Wildman–Crippen LogP) is 2.41. The molecule has 2 heterocycles. The van der Waals surface area contributed by atoms with E-state index in [1.165, 1.54) is 18.2 Å². The lowest BCUT2D eigenvalue weighted by atomic mass is 10.0. The molecule has 0 unspecified atom stereocenters. The third-order valence-electron chi connectivity index (χ3n) is 4.46. The number of carbonyl (C=O) groups is 2. The van der Waals surface area contributed by atoms with Gasteiger partial charge in [-0.15, -0.1) is 0 Å². The van der Waals surface area contributed by atoms with Crippen LogP contribution in [0.2, 0.25) is 0 Å². The van der Waals surface area contributed by atoms with E-state index < -0.39 is 22.0 Å². The Balaban J connectivity index is 1.88. The molecule has 0 aliphatic carbocycles. The van der Waals surface area contributed by atoms with Crippen LogP contribution in [0, 0.1) is 12.8 Å². The van der Waals surface area contributed by atoms with Gasteiger partial charge in [0.25, 0.3) is 21.8 Å². The molecule has 0 fully saturated rings. The number of anilines is 1. The quantitative estimate of drug-likeness (QED) is 0.733. The SMILES string of the molecule is CCCc1cc(C(=O)NS(=O)(=O)c2cc3c(cc2C)NC(=O)[C@H](C(C)C)O3)no1. The van der Waals surface area contributed by atoms with E-state index in [0.717, 1.165) is 6.42 Å². The summed E-state index contributed by atoms with van der Waals surface area (Å²) in [7, 11) is -4.20. The first-order chi connectivity index (χ1) is 13.6. The van der Waals surface area contributed by atoms with Gasteiger partial charge in [-0.05, 0) is 30.9 Å². The highest BCUT2D eigenvalue weighted by Gasteiger charge is 2.32. The number of nitrogens with zero attached hydrogens (tertiary/aromatic N) is 1. The number of fused-ring (bicyclic) bond motifs is 1. The summed E-state index contributed by atoms with van der Waals surface area (Å²) in [4.78, 5) is 24.3. The molecule has 3 rings (SSSR count). The number of sulfonamides is 1. The van der Waals surface area contributed by atoms with Crippen LogP contribution in [0.15, 0.2) is 27.6 Å². The van der Waals surface area contributed by atoms with Gasteiger partial charge in [-0.1, -0.05) is 25.9 Å². The van der Waals surface area contributed by atoms with Crippen LogP contribution in [0.3, 0.4) is 0 Å². The lowest BCUT2D eigenvalue weighted by Crippen LogP contribution is -2.40. The number of amides is 2. The molecule has 1 aromatic heterocycles. The van der Waals surface area contributed by atoms with Gasteiger partial charge in [0.05, 0.1) is 10.6 Å². The van der Waals surface area contributed by atoms with Gasteiger partial charge in [0.1, 0.15) is 11.5 Å². The molecule has 156 valence electrons. The van der Waals surface area contributed by atoms with Crippen molar-refractivity contribution in [1.29, 1.82) is 0 Å². The smallest absolute Gasteiger partial charge is 0.287 e. The highest BCUT2D eigenvalue weighted by molar-refractivity contribution is 7.90. The maximum atomic E-state index is 12.8. The third-order valence-corrected chi connectivity index (χ3v) is 5.93. The number of nitrogens with one attached hydrogen (secondary N) is 2. The minimum atomic E-state index is -4.20. The van der Waals surface area contributed by atoms with Crippen molar-refractivity contribution >= 4 is 27.5 Å². The predicted molar refractivity (Wildman–Crippen MR) is 104 cm³/mol. The Morgan fingerprint density at radius 2 is 2.03 bits per heavy atom. The van der Waals surface area contributed by atoms with Crippen molar-refractivity contribution in [2.24, 2.45) is 5.92 Å². The number of hydrogen-bond donors (Lipinski definition) is 2. The molecular formula is C19H23N3O6S. The highest BCUT2D eigenvalue weighted by atomic mass is 32.2. The standard InChI is InChI=1S/C19H23N3O6S/c1-5-6-12-8-14(21-28-12)18(23)22-29(25,26)16-9-15-13(7-11(16)4)20-19(24)17(27-15)10(2)3/h7-10,17H,5-6H2,1-4H3,(H,20,24)(H,22,23)/t17-/m0/s1. The molecule has 9 nitrogen and oxygen atoms in total. The van der Waals surface area contributed by atoms with Crippen molar-refractivity contribution in [2.45, 2.75) is 51.5 Å². The first-order valence-corrected chi connectivity index (χ1v) is 10.8. The highest BCUT2D eigenvalue weighted by Crippen LogP contribution is 2.35. The van der Waals surface area contributed by atoms with Gasteiger partial charge in [-0.25, -0.2) is 13.1 Å². The minimum Gasteiger partial charge on any atom is -0.478 e. The van der Waals surface area contributed by atoms with Crippen LogP contribution in [-0.2, 0) is 21.2 Å². The normalized spacial score (nSPS) is 16.2. The van der Waals surface area contributed by atoms with E-state index in [9.17, 15) is 18.0 Å². The van der Waals surface area contributed by atoms with Crippen LogP contribution in [0.25, 0.3) is 0 Å². The number of ether oxygens (including phenoxy) is 1. The van der Waals surface area contributed by atoms with Crippen LogP contribution in [0.1, 0.15) is 49.0 Å². The first-order valence-electron chi connectivity index (χ1n) is 9.27. The number of benzene rings is 1. The lowest BCUT2D eigenvalue weighted by molar-refractivity contribution is -0.125. The molecule has 10 heteroatoms. The van der Waals surface area contributed by atoms with Crippen LogP contribution < -0.4 is 14.8 Å². The van der Waals surface area contributed by atoms with E-state index in [1.54, 1.807) is 6.92 Å². The summed E-state index contributed by atoms with van der Waals surface area (Å²) in [5, 5.41) is 6.34. The van der Waals surface area contributed by atoms with Crippen LogP contribution >= 0.6 is 0 Å². The largest absolute Gasteiger partial charge is 0.478 e. The van der Waals surface area contributed by atoms with Gasteiger partial charge < -0.3 is 14.6 Å². The summed E-state index contributed by atoms with van der Waals surface area (Å²) < 4.78 is 38.3. The van der Waals surface area contributed by atoms with Crippen LogP contribution in [0.5, 0.6) is 5.75 Å². The fourth-order valence-electron chi connectivity index (χ4n) is 3.00. The topological polar surface area (TPSA) is 128 Å². The molecule has 0 bridgehead atoms. The molecule has 29 heavy (non-hydrogen) atoms. The van der Waals surface area contributed by atoms with Gasteiger partial charge >= 0.3 is 0 Å². The maximum Gasteiger partial charge on any atom is 0.287 e. The molecule has 1 aromatic carbocycles. The van der Waals surface area contributed by atoms with Crippen molar-refractivity contribution < 1.29 is 27.3 Å². The van der Waals surface area contributed by atoms with E-state index in [2.05, 4.69) is 10.5 Å². The summed E-state index contributed by atoms with van der Waals surface area (Å²) >= 11 is 0. The van der Waals surface area contributed by atoms with Crippen molar-refractivity contribution in [2.75, 3.05) is 5.32 Å². The zero-order chi connectivity index (χ0) is 21.3. The molecule has 2 amide bonds. The zero-order valence-corrected chi connectivity index (χ0v) is 17.4. The van der Waals surface area contributed by atoms with Crippen molar-refractivity contribution in [3.63, 3.8) is 0 Å². The number of carbonyl (C=O) groups excluding carboxylic acids is 2. The van der Waals surface area contributed by atoms with Gasteiger partial charge in [-0.2, -0.15) is 0 Å². The van der Waals surface area contributed by atoms with E-state index in [0.29, 0.717) is 23.4 Å². The molecule has 0 saturated heterocycles. The van der Waals surface area contributed by atoms with E-state index in [-0.39, 0.29) is 28.2 Å². The lowest BCUT2D eigenvalue weighted by Gasteiger charge is -2.29. The number of aromatic nitrogens is 1. The monoisotopic (exact) mass is 421 g/mol. The molecule has 0 saturated carbocycles. The second-order valence-electron chi connectivity index (χ2n) is 7.25. The Morgan fingerprint density at radius 1 is 1.31 bits per heavy atom.